The van der Waals surface area contributed by atoms with E-state index in [0.717, 1.165) is 17.1 Å². The molecule has 0 bridgehead atoms. The Morgan fingerprint density at radius 2 is 1.86 bits per heavy atom. The number of nitrogens with one attached hydrogen (secondary N) is 1. The molecule has 150 valence electrons. The van der Waals surface area contributed by atoms with E-state index in [1.165, 1.54) is 11.1 Å². The molecule has 5 heteroatoms. The molecule has 0 saturated carbocycles. The molecule has 0 spiro atoms. The zero-order chi connectivity index (χ0) is 20.5. The van der Waals surface area contributed by atoms with Gasteiger partial charge in [0.1, 0.15) is 12.4 Å². The molecule has 0 unspecified atom stereocenters. The maximum absolute atomic E-state index is 12.4. The molecule has 29 heavy (non-hydrogen) atoms. The van der Waals surface area contributed by atoms with Crippen molar-refractivity contribution in [3.8, 4) is 5.75 Å². The Morgan fingerprint density at radius 1 is 1.03 bits per heavy atom. The number of amides is 1. The lowest BCUT2D eigenvalue weighted by Gasteiger charge is -2.10. The van der Waals surface area contributed by atoms with Crippen molar-refractivity contribution in [1.29, 1.82) is 0 Å². The summed E-state index contributed by atoms with van der Waals surface area (Å²) >= 11 is 7.97. The van der Waals surface area contributed by atoms with Gasteiger partial charge in [-0.25, -0.2) is 0 Å². The topological polar surface area (TPSA) is 38.3 Å². The zero-order valence-electron chi connectivity index (χ0n) is 16.4. The molecular weight excluding hydrogens is 402 g/mol. The minimum atomic E-state index is -0.0932. The van der Waals surface area contributed by atoms with E-state index in [1.807, 2.05) is 48.2 Å². The summed E-state index contributed by atoms with van der Waals surface area (Å²) in [7, 11) is 0. The van der Waals surface area contributed by atoms with Crippen LogP contribution in [-0.2, 0) is 12.4 Å². The monoisotopic (exact) mass is 425 g/mol. The first-order valence-corrected chi connectivity index (χ1v) is 11.0. The third kappa shape index (κ3) is 6.84. The lowest BCUT2D eigenvalue weighted by Crippen LogP contribution is -2.25. The van der Waals surface area contributed by atoms with Crippen molar-refractivity contribution in [2.75, 3.05) is 12.3 Å². The molecule has 0 heterocycles. The number of halogens is 1. The van der Waals surface area contributed by atoms with Crippen LogP contribution in [0.3, 0.4) is 0 Å². The van der Waals surface area contributed by atoms with Gasteiger partial charge in [-0.05, 0) is 36.8 Å². The van der Waals surface area contributed by atoms with Gasteiger partial charge in [0.2, 0.25) is 0 Å². The summed E-state index contributed by atoms with van der Waals surface area (Å²) in [6.45, 7) is 3.08. The van der Waals surface area contributed by atoms with Gasteiger partial charge in [0, 0.05) is 34.2 Å². The third-order valence-electron chi connectivity index (χ3n) is 4.33. The Morgan fingerprint density at radius 3 is 2.69 bits per heavy atom. The van der Waals surface area contributed by atoms with Crippen LogP contribution in [0.15, 0.2) is 72.8 Å². The lowest BCUT2D eigenvalue weighted by molar-refractivity contribution is 0.0955. The molecule has 0 atom stereocenters. The van der Waals surface area contributed by atoms with Crippen LogP contribution in [0.2, 0.25) is 5.02 Å². The van der Waals surface area contributed by atoms with Crippen LogP contribution in [0.4, 0.5) is 0 Å². The number of rotatable bonds is 9. The van der Waals surface area contributed by atoms with Crippen molar-refractivity contribution in [3.05, 3.63) is 100 Å². The van der Waals surface area contributed by atoms with Crippen molar-refractivity contribution in [1.82, 2.24) is 5.32 Å². The maximum Gasteiger partial charge on any atom is 0.251 e. The van der Waals surface area contributed by atoms with E-state index < -0.39 is 0 Å². The van der Waals surface area contributed by atoms with Gasteiger partial charge in [-0.15, -0.1) is 0 Å². The van der Waals surface area contributed by atoms with Crippen LogP contribution in [0.1, 0.15) is 27.0 Å². The molecular formula is C24H24ClNO2S. The molecule has 0 fully saturated rings. The predicted molar refractivity (Wildman–Crippen MR) is 122 cm³/mol. The normalized spacial score (nSPS) is 10.6. The number of hydrogen-bond acceptors (Lipinski definition) is 3. The van der Waals surface area contributed by atoms with Crippen LogP contribution in [0.25, 0.3) is 0 Å². The Hall–Kier alpha value is -2.43. The summed E-state index contributed by atoms with van der Waals surface area (Å²) in [5.74, 6) is 2.36. The van der Waals surface area contributed by atoms with E-state index in [1.54, 1.807) is 12.1 Å². The van der Waals surface area contributed by atoms with Crippen molar-refractivity contribution in [2.24, 2.45) is 0 Å². The fourth-order valence-corrected chi connectivity index (χ4v) is 3.83. The minimum absolute atomic E-state index is 0.0932. The first kappa shape index (κ1) is 21.3. The van der Waals surface area contributed by atoms with Crippen molar-refractivity contribution < 1.29 is 9.53 Å². The van der Waals surface area contributed by atoms with Gasteiger partial charge in [-0.3, -0.25) is 4.79 Å². The SMILES string of the molecule is Cc1cccc(CSCCNC(=O)c2cccc(OCc3ccccc3Cl)c2)c1. The van der Waals surface area contributed by atoms with Crippen LogP contribution < -0.4 is 10.1 Å². The Labute approximate surface area is 181 Å². The molecule has 1 N–H and O–H groups in total. The summed E-state index contributed by atoms with van der Waals surface area (Å²) < 4.78 is 5.80. The highest BCUT2D eigenvalue weighted by molar-refractivity contribution is 7.98. The number of ether oxygens (including phenoxy) is 1. The van der Waals surface area contributed by atoms with E-state index in [9.17, 15) is 4.79 Å². The number of thioether (sulfide) groups is 1. The molecule has 0 radical (unpaired) electrons. The summed E-state index contributed by atoms with van der Waals surface area (Å²) in [4.78, 5) is 12.4. The highest BCUT2D eigenvalue weighted by Gasteiger charge is 2.07. The summed E-state index contributed by atoms with van der Waals surface area (Å²) in [6, 6.07) is 23.3. The number of benzene rings is 3. The van der Waals surface area contributed by atoms with Crippen LogP contribution in [-0.4, -0.2) is 18.2 Å². The number of carbonyl (C=O) groups excluding carboxylic acids is 1. The van der Waals surface area contributed by atoms with E-state index in [2.05, 4.69) is 36.5 Å². The number of hydrogen-bond donors (Lipinski definition) is 1. The van der Waals surface area contributed by atoms with Crippen LogP contribution >= 0.6 is 23.4 Å². The van der Waals surface area contributed by atoms with E-state index >= 15 is 0 Å². The molecule has 3 nitrogen and oxygen atoms in total. The summed E-state index contributed by atoms with van der Waals surface area (Å²) in [5, 5.41) is 3.64. The van der Waals surface area contributed by atoms with E-state index in [4.69, 9.17) is 16.3 Å². The minimum Gasteiger partial charge on any atom is -0.489 e. The zero-order valence-corrected chi connectivity index (χ0v) is 17.9. The predicted octanol–water partition coefficient (Wildman–Crippen LogP) is 5.89. The largest absolute Gasteiger partial charge is 0.489 e. The summed E-state index contributed by atoms with van der Waals surface area (Å²) in [5.41, 5.74) is 4.08. The second kappa shape index (κ2) is 10.9. The molecule has 0 saturated heterocycles. The quantitative estimate of drug-likeness (QED) is 0.434. The molecule has 0 aliphatic carbocycles. The number of aryl methyl sites for hydroxylation is 1. The van der Waals surface area contributed by atoms with Crippen LogP contribution in [0, 0.1) is 6.92 Å². The van der Waals surface area contributed by atoms with Crippen LogP contribution in [0.5, 0.6) is 5.75 Å². The van der Waals surface area contributed by atoms with Crippen molar-refractivity contribution in [2.45, 2.75) is 19.3 Å². The molecule has 0 aromatic heterocycles. The fourth-order valence-electron chi connectivity index (χ4n) is 2.83. The van der Waals surface area contributed by atoms with E-state index in [0.29, 0.717) is 29.5 Å². The van der Waals surface area contributed by atoms with Gasteiger partial charge in [0.05, 0.1) is 0 Å². The molecule has 3 aromatic carbocycles. The highest BCUT2D eigenvalue weighted by Crippen LogP contribution is 2.19. The molecule has 0 aliphatic heterocycles. The number of carbonyl (C=O) groups is 1. The van der Waals surface area contributed by atoms with E-state index in [-0.39, 0.29) is 5.91 Å². The van der Waals surface area contributed by atoms with Gasteiger partial charge in [0.15, 0.2) is 0 Å². The Balaban J connectivity index is 1.43. The summed E-state index contributed by atoms with van der Waals surface area (Å²) in [6.07, 6.45) is 0. The van der Waals surface area contributed by atoms with Crippen molar-refractivity contribution >= 4 is 29.3 Å². The van der Waals surface area contributed by atoms with Gasteiger partial charge in [-0.1, -0.05) is 65.7 Å². The first-order chi connectivity index (χ1) is 14.1. The third-order valence-corrected chi connectivity index (χ3v) is 5.73. The van der Waals surface area contributed by atoms with Gasteiger partial charge in [0.25, 0.3) is 5.91 Å². The van der Waals surface area contributed by atoms with Gasteiger partial charge < -0.3 is 10.1 Å². The fraction of sp³-hybridized carbons (Fsp3) is 0.208. The molecule has 0 aliphatic rings. The first-order valence-electron chi connectivity index (χ1n) is 9.49. The molecule has 1 amide bonds. The smallest absolute Gasteiger partial charge is 0.251 e. The second-order valence-corrected chi connectivity index (χ2v) is 8.22. The average molecular weight is 426 g/mol. The molecule has 3 rings (SSSR count). The molecule has 3 aromatic rings. The van der Waals surface area contributed by atoms with Gasteiger partial charge in [-0.2, -0.15) is 11.8 Å². The average Bonchev–Trinajstić information content (AvgIpc) is 2.73. The Kier molecular flexibility index (Phi) is 8.03. The van der Waals surface area contributed by atoms with Gasteiger partial charge >= 0.3 is 0 Å². The highest BCUT2D eigenvalue weighted by atomic mass is 35.5. The standard InChI is InChI=1S/C24H24ClNO2S/c1-18-6-4-7-19(14-18)17-29-13-12-26-24(27)20-9-5-10-22(15-20)28-16-21-8-2-3-11-23(21)25/h2-11,14-15H,12-13,16-17H2,1H3,(H,26,27). The maximum atomic E-state index is 12.4. The van der Waals surface area contributed by atoms with Crippen molar-refractivity contribution in [3.63, 3.8) is 0 Å². The lowest BCUT2D eigenvalue weighted by atomic mass is 10.2. The Bertz CT molecular complexity index is 961. The second-order valence-electron chi connectivity index (χ2n) is 6.71.